The average molecular weight is 519 g/mol. The SMILES string of the molecule is CCCC(C)C(C)C(Nc1ccccc1)Nc1cccc2c1C1(OC(=O)c3ccccc31)c1ccccc1O2. The Hall–Kier alpha value is -4.25. The number of fused-ring (bicyclic) bond motifs is 6. The van der Waals surface area contributed by atoms with Gasteiger partial charge in [0.2, 0.25) is 0 Å². The van der Waals surface area contributed by atoms with E-state index in [9.17, 15) is 4.79 Å². The first-order valence-corrected chi connectivity index (χ1v) is 13.8. The predicted molar refractivity (Wildman–Crippen MR) is 155 cm³/mol. The lowest BCUT2D eigenvalue weighted by Gasteiger charge is -2.39. The fourth-order valence-electron chi connectivity index (χ4n) is 6.03. The maximum atomic E-state index is 13.3. The van der Waals surface area contributed by atoms with E-state index in [1.165, 1.54) is 0 Å². The molecule has 5 nitrogen and oxygen atoms in total. The van der Waals surface area contributed by atoms with Gasteiger partial charge in [-0.15, -0.1) is 0 Å². The molecule has 4 unspecified atom stereocenters. The Bertz CT molecular complexity index is 1500. The first kappa shape index (κ1) is 25.1. The maximum absolute atomic E-state index is 13.3. The number of nitrogens with one attached hydrogen (secondary N) is 2. The zero-order valence-electron chi connectivity index (χ0n) is 22.6. The summed E-state index contributed by atoms with van der Waals surface area (Å²) in [5, 5.41) is 7.58. The summed E-state index contributed by atoms with van der Waals surface area (Å²) in [5.41, 5.74) is 3.86. The summed E-state index contributed by atoms with van der Waals surface area (Å²) in [6, 6.07) is 31.8. The highest BCUT2D eigenvalue weighted by Crippen LogP contribution is 2.58. The minimum Gasteiger partial charge on any atom is -0.456 e. The Labute approximate surface area is 230 Å². The molecule has 0 bridgehead atoms. The van der Waals surface area contributed by atoms with Crippen LogP contribution in [0, 0.1) is 11.8 Å². The molecule has 0 amide bonds. The molecule has 4 aromatic rings. The summed E-state index contributed by atoms with van der Waals surface area (Å²) < 4.78 is 12.9. The van der Waals surface area contributed by atoms with E-state index in [4.69, 9.17) is 9.47 Å². The number of anilines is 2. The van der Waals surface area contributed by atoms with Crippen molar-refractivity contribution in [1.82, 2.24) is 0 Å². The van der Waals surface area contributed by atoms with Crippen molar-refractivity contribution in [3.63, 3.8) is 0 Å². The quantitative estimate of drug-likeness (QED) is 0.182. The van der Waals surface area contributed by atoms with Crippen LogP contribution in [0.4, 0.5) is 11.4 Å². The van der Waals surface area contributed by atoms with E-state index >= 15 is 0 Å². The molecule has 4 aromatic carbocycles. The number of rotatable bonds is 8. The second-order valence-corrected chi connectivity index (χ2v) is 10.7. The lowest BCUT2D eigenvalue weighted by molar-refractivity contribution is 0.0226. The van der Waals surface area contributed by atoms with Crippen molar-refractivity contribution >= 4 is 17.3 Å². The average Bonchev–Trinajstić information content (AvgIpc) is 3.25. The molecule has 198 valence electrons. The number of hydrogen-bond acceptors (Lipinski definition) is 5. The molecule has 2 N–H and O–H groups in total. The molecule has 0 fully saturated rings. The Kier molecular flexibility index (Phi) is 6.51. The van der Waals surface area contributed by atoms with E-state index in [1.54, 1.807) is 0 Å². The Balaban J connectivity index is 1.51. The van der Waals surface area contributed by atoms with Crippen molar-refractivity contribution in [3.8, 4) is 11.5 Å². The summed E-state index contributed by atoms with van der Waals surface area (Å²) in [7, 11) is 0. The normalized spacial score (nSPS) is 19.1. The molecule has 0 saturated heterocycles. The van der Waals surface area contributed by atoms with Gasteiger partial charge in [0.25, 0.3) is 0 Å². The van der Waals surface area contributed by atoms with Gasteiger partial charge in [-0.25, -0.2) is 4.79 Å². The van der Waals surface area contributed by atoms with E-state index in [0.717, 1.165) is 40.9 Å². The first-order valence-electron chi connectivity index (χ1n) is 13.8. The van der Waals surface area contributed by atoms with Gasteiger partial charge in [0.1, 0.15) is 11.5 Å². The molecule has 4 atom stereocenters. The van der Waals surface area contributed by atoms with Crippen LogP contribution in [0.2, 0.25) is 0 Å². The Morgan fingerprint density at radius 2 is 1.46 bits per heavy atom. The van der Waals surface area contributed by atoms with Gasteiger partial charge >= 0.3 is 5.97 Å². The van der Waals surface area contributed by atoms with Gasteiger partial charge in [0.05, 0.1) is 17.3 Å². The van der Waals surface area contributed by atoms with E-state index in [0.29, 0.717) is 28.9 Å². The largest absolute Gasteiger partial charge is 0.456 e. The lowest BCUT2D eigenvalue weighted by Crippen LogP contribution is -2.40. The zero-order chi connectivity index (χ0) is 27.0. The lowest BCUT2D eigenvalue weighted by atomic mass is 9.77. The van der Waals surface area contributed by atoms with E-state index in [2.05, 4.69) is 49.6 Å². The second kappa shape index (κ2) is 10.1. The fraction of sp³-hybridized carbons (Fsp3) is 0.265. The molecule has 6 rings (SSSR count). The molecule has 2 heterocycles. The van der Waals surface area contributed by atoms with Gasteiger partial charge in [-0.3, -0.25) is 0 Å². The summed E-state index contributed by atoms with van der Waals surface area (Å²) in [6.07, 6.45) is 2.18. The van der Waals surface area contributed by atoms with Crippen LogP contribution < -0.4 is 15.4 Å². The minimum atomic E-state index is -1.11. The van der Waals surface area contributed by atoms with Crippen molar-refractivity contribution in [3.05, 3.63) is 119 Å². The molecule has 2 aliphatic heterocycles. The summed E-state index contributed by atoms with van der Waals surface area (Å²) in [5.74, 6) is 1.82. The highest BCUT2D eigenvalue weighted by molar-refractivity contribution is 5.97. The number of ether oxygens (including phenoxy) is 2. The molecule has 0 aromatic heterocycles. The monoisotopic (exact) mass is 518 g/mol. The Morgan fingerprint density at radius 3 is 2.26 bits per heavy atom. The van der Waals surface area contributed by atoms with Crippen molar-refractivity contribution in [2.75, 3.05) is 10.6 Å². The van der Waals surface area contributed by atoms with Gasteiger partial charge in [0.15, 0.2) is 5.60 Å². The number of esters is 1. The van der Waals surface area contributed by atoms with Crippen molar-refractivity contribution < 1.29 is 14.3 Å². The third-order valence-electron chi connectivity index (χ3n) is 8.21. The molecule has 5 heteroatoms. The van der Waals surface area contributed by atoms with E-state index < -0.39 is 5.60 Å². The van der Waals surface area contributed by atoms with Crippen LogP contribution in [0.15, 0.2) is 97.1 Å². The molecule has 0 aliphatic carbocycles. The maximum Gasteiger partial charge on any atom is 0.340 e. The number of hydrogen-bond donors (Lipinski definition) is 2. The van der Waals surface area contributed by atoms with Gasteiger partial charge in [0, 0.05) is 22.5 Å². The summed E-state index contributed by atoms with van der Waals surface area (Å²) in [6.45, 7) is 6.83. The van der Waals surface area contributed by atoms with Crippen LogP contribution >= 0.6 is 0 Å². The van der Waals surface area contributed by atoms with Crippen molar-refractivity contribution in [1.29, 1.82) is 0 Å². The van der Waals surface area contributed by atoms with Crippen molar-refractivity contribution in [2.45, 2.75) is 45.4 Å². The van der Waals surface area contributed by atoms with Gasteiger partial charge in [-0.1, -0.05) is 94.3 Å². The van der Waals surface area contributed by atoms with Crippen LogP contribution in [0.5, 0.6) is 11.5 Å². The minimum absolute atomic E-state index is 0.0815. The predicted octanol–water partition coefficient (Wildman–Crippen LogP) is 8.18. The van der Waals surface area contributed by atoms with Crippen LogP contribution in [0.25, 0.3) is 0 Å². The molecular formula is C34H34N2O3. The van der Waals surface area contributed by atoms with E-state index in [-0.39, 0.29) is 12.1 Å². The number of para-hydroxylation sites is 2. The highest BCUT2D eigenvalue weighted by atomic mass is 16.6. The highest BCUT2D eigenvalue weighted by Gasteiger charge is 2.54. The van der Waals surface area contributed by atoms with Gasteiger partial charge in [-0.2, -0.15) is 0 Å². The molecular weight excluding hydrogens is 484 g/mol. The van der Waals surface area contributed by atoms with E-state index in [1.807, 2.05) is 78.9 Å². The number of benzene rings is 4. The van der Waals surface area contributed by atoms with Crippen LogP contribution in [-0.2, 0) is 10.3 Å². The first-order chi connectivity index (χ1) is 19.0. The molecule has 0 saturated carbocycles. The third kappa shape index (κ3) is 4.22. The molecule has 1 spiro atoms. The number of carbonyl (C=O) groups excluding carboxylic acids is 1. The summed E-state index contributed by atoms with van der Waals surface area (Å²) >= 11 is 0. The zero-order valence-corrected chi connectivity index (χ0v) is 22.6. The third-order valence-corrected chi connectivity index (χ3v) is 8.21. The van der Waals surface area contributed by atoms with Crippen LogP contribution in [0.3, 0.4) is 0 Å². The van der Waals surface area contributed by atoms with Crippen LogP contribution in [0.1, 0.15) is 60.7 Å². The standard InChI is InChI=1S/C34H34N2O3/c1-4-13-22(2)23(3)32(35-24-14-6-5-7-15-24)36-28-19-12-21-30-31(28)34(27-18-10-11-20-29(27)38-30)26-17-9-8-16-25(26)33(37)39-34/h5-12,14-23,32,35-36H,4,13H2,1-3H3. The topological polar surface area (TPSA) is 59.6 Å². The fourth-order valence-corrected chi connectivity index (χ4v) is 6.03. The Morgan fingerprint density at radius 1 is 0.769 bits per heavy atom. The molecule has 39 heavy (non-hydrogen) atoms. The smallest absolute Gasteiger partial charge is 0.340 e. The molecule has 0 radical (unpaired) electrons. The van der Waals surface area contributed by atoms with Crippen molar-refractivity contribution in [2.24, 2.45) is 11.8 Å². The van der Waals surface area contributed by atoms with Gasteiger partial charge < -0.3 is 20.1 Å². The number of carbonyl (C=O) groups is 1. The van der Waals surface area contributed by atoms with Gasteiger partial charge in [-0.05, 0) is 48.2 Å². The molecule has 2 aliphatic rings. The second-order valence-electron chi connectivity index (χ2n) is 10.7. The summed E-state index contributed by atoms with van der Waals surface area (Å²) in [4.78, 5) is 13.3. The van der Waals surface area contributed by atoms with Crippen LogP contribution in [-0.4, -0.2) is 12.1 Å².